The Labute approximate surface area is 237 Å². The number of rotatable bonds is 9. The minimum absolute atomic E-state index is 0.0133. The summed E-state index contributed by atoms with van der Waals surface area (Å²) in [6, 6.07) is 11.1. The Balaban J connectivity index is 1.77. The SMILES string of the molecule is COc1ccccc1[C@@H]1CC(=O)C2=C(C1)NC(C)=C(C(=O)OCCOC(C)C)[C@@H]2c1cc(Br)c(O)c(OC)c1. The van der Waals surface area contributed by atoms with Crippen LogP contribution >= 0.6 is 15.9 Å². The fraction of sp³-hybridized carbons (Fsp3) is 0.400. The molecule has 2 aromatic rings. The van der Waals surface area contributed by atoms with Gasteiger partial charge in [-0.3, -0.25) is 4.79 Å². The summed E-state index contributed by atoms with van der Waals surface area (Å²) in [5.74, 6) is -0.510. The molecule has 39 heavy (non-hydrogen) atoms. The minimum atomic E-state index is -0.711. The molecule has 4 rings (SSSR count). The molecule has 1 heterocycles. The summed E-state index contributed by atoms with van der Waals surface area (Å²) in [7, 11) is 3.07. The van der Waals surface area contributed by atoms with E-state index in [2.05, 4.69) is 21.2 Å². The highest BCUT2D eigenvalue weighted by Crippen LogP contribution is 2.49. The Morgan fingerprint density at radius 2 is 1.82 bits per heavy atom. The van der Waals surface area contributed by atoms with Gasteiger partial charge < -0.3 is 29.4 Å². The highest BCUT2D eigenvalue weighted by atomic mass is 79.9. The molecular weight excluding hydrogens is 566 g/mol. The molecule has 0 amide bonds. The molecule has 8 nitrogen and oxygen atoms in total. The lowest BCUT2D eigenvalue weighted by Crippen LogP contribution is -2.36. The van der Waals surface area contributed by atoms with E-state index < -0.39 is 11.9 Å². The maximum Gasteiger partial charge on any atom is 0.336 e. The second-order valence-corrected chi connectivity index (χ2v) is 10.7. The lowest BCUT2D eigenvalue weighted by atomic mass is 9.71. The van der Waals surface area contributed by atoms with E-state index in [0.29, 0.717) is 33.3 Å². The number of esters is 1. The number of carbonyl (C=O) groups excluding carboxylic acids is 2. The molecule has 1 aliphatic heterocycles. The van der Waals surface area contributed by atoms with E-state index in [-0.39, 0.29) is 48.9 Å². The molecular formula is C30H34BrNO7. The number of phenols is 1. The molecule has 0 spiro atoms. The van der Waals surface area contributed by atoms with Crippen LogP contribution in [-0.2, 0) is 19.1 Å². The first-order valence-corrected chi connectivity index (χ1v) is 13.7. The first kappa shape index (κ1) is 28.7. The Hall–Kier alpha value is -3.30. The molecule has 0 saturated carbocycles. The first-order valence-electron chi connectivity index (χ1n) is 12.9. The summed E-state index contributed by atoms with van der Waals surface area (Å²) in [6.45, 7) is 5.97. The molecule has 0 aromatic heterocycles. The van der Waals surface area contributed by atoms with E-state index in [9.17, 15) is 14.7 Å². The van der Waals surface area contributed by atoms with E-state index >= 15 is 0 Å². The lowest BCUT2D eigenvalue weighted by molar-refractivity contribution is -0.141. The van der Waals surface area contributed by atoms with Crippen molar-refractivity contribution in [2.24, 2.45) is 0 Å². The molecule has 2 aliphatic rings. The van der Waals surface area contributed by atoms with Crippen molar-refractivity contribution in [3.8, 4) is 17.2 Å². The molecule has 9 heteroatoms. The summed E-state index contributed by atoms with van der Waals surface area (Å²) in [5.41, 5.74) is 3.79. The number of carbonyl (C=O) groups is 2. The fourth-order valence-electron chi connectivity index (χ4n) is 5.28. The second-order valence-electron chi connectivity index (χ2n) is 9.87. The average molecular weight is 601 g/mol. The maximum absolute atomic E-state index is 13.9. The predicted molar refractivity (Wildman–Crippen MR) is 150 cm³/mol. The van der Waals surface area contributed by atoms with Crippen LogP contribution < -0.4 is 14.8 Å². The number of methoxy groups -OCH3 is 2. The van der Waals surface area contributed by atoms with E-state index in [1.807, 2.05) is 45.0 Å². The number of hydrogen-bond donors (Lipinski definition) is 2. The van der Waals surface area contributed by atoms with Gasteiger partial charge in [0.25, 0.3) is 0 Å². The number of para-hydroxylation sites is 1. The Bertz CT molecular complexity index is 1330. The smallest absolute Gasteiger partial charge is 0.336 e. The third-order valence-corrected chi connectivity index (χ3v) is 7.60. The number of aromatic hydroxyl groups is 1. The van der Waals surface area contributed by atoms with Gasteiger partial charge in [-0.25, -0.2) is 4.79 Å². The van der Waals surface area contributed by atoms with Gasteiger partial charge in [0.1, 0.15) is 12.4 Å². The van der Waals surface area contributed by atoms with Crippen molar-refractivity contribution in [3.63, 3.8) is 0 Å². The van der Waals surface area contributed by atoms with Gasteiger partial charge in [0, 0.05) is 35.2 Å². The van der Waals surface area contributed by atoms with E-state index in [4.69, 9.17) is 18.9 Å². The fourth-order valence-corrected chi connectivity index (χ4v) is 5.74. The molecule has 2 N–H and O–H groups in total. The number of ketones is 1. The topological polar surface area (TPSA) is 103 Å². The molecule has 2 atom stereocenters. The van der Waals surface area contributed by atoms with Crippen LogP contribution in [0.25, 0.3) is 0 Å². The van der Waals surface area contributed by atoms with Crippen molar-refractivity contribution in [1.82, 2.24) is 5.32 Å². The summed E-state index contributed by atoms with van der Waals surface area (Å²) in [4.78, 5) is 27.4. The van der Waals surface area contributed by atoms with Crippen LogP contribution in [0.4, 0.5) is 0 Å². The summed E-state index contributed by atoms with van der Waals surface area (Å²) in [5, 5.41) is 13.8. The lowest BCUT2D eigenvalue weighted by Gasteiger charge is -2.37. The van der Waals surface area contributed by atoms with Crippen LogP contribution in [0.5, 0.6) is 17.2 Å². The number of nitrogens with one attached hydrogen (secondary N) is 1. The molecule has 0 unspecified atom stereocenters. The van der Waals surface area contributed by atoms with Crippen LogP contribution in [-0.4, -0.2) is 50.4 Å². The summed E-state index contributed by atoms with van der Waals surface area (Å²) >= 11 is 3.39. The van der Waals surface area contributed by atoms with Gasteiger partial charge in [0.15, 0.2) is 17.3 Å². The highest BCUT2D eigenvalue weighted by Gasteiger charge is 2.42. The van der Waals surface area contributed by atoms with Gasteiger partial charge >= 0.3 is 5.97 Å². The summed E-state index contributed by atoms with van der Waals surface area (Å²) < 4.78 is 22.5. The van der Waals surface area contributed by atoms with Crippen molar-refractivity contribution in [3.05, 3.63) is 74.5 Å². The quantitative estimate of drug-likeness (QED) is 0.287. The normalized spacial score (nSPS) is 19.1. The molecule has 0 radical (unpaired) electrons. The number of allylic oxidation sites excluding steroid dienone is 3. The number of ether oxygens (including phenoxy) is 4. The van der Waals surface area contributed by atoms with Crippen LogP contribution in [0.3, 0.4) is 0 Å². The largest absolute Gasteiger partial charge is 0.503 e. The Morgan fingerprint density at radius 3 is 2.51 bits per heavy atom. The van der Waals surface area contributed by atoms with Gasteiger partial charge in [-0.2, -0.15) is 0 Å². The van der Waals surface area contributed by atoms with Crippen LogP contribution in [0.1, 0.15) is 56.6 Å². The molecule has 1 aliphatic carbocycles. The molecule has 208 valence electrons. The van der Waals surface area contributed by atoms with Gasteiger partial charge in [0.2, 0.25) is 0 Å². The molecule has 2 aromatic carbocycles. The number of Topliss-reactive ketones (excluding diaryl/α,β-unsaturated/α-hetero) is 1. The van der Waals surface area contributed by atoms with Gasteiger partial charge in [-0.05, 0) is 72.4 Å². The Kier molecular flexibility index (Phi) is 9.02. The van der Waals surface area contributed by atoms with Crippen LogP contribution in [0.15, 0.2) is 63.4 Å². The number of benzene rings is 2. The van der Waals surface area contributed by atoms with Gasteiger partial charge in [0.05, 0.1) is 37.0 Å². The van der Waals surface area contributed by atoms with Gasteiger partial charge in [-0.15, -0.1) is 0 Å². The third kappa shape index (κ3) is 5.99. The standard InChI is InChI=1S/C30H34BrNO7/c1-16(2)38-10-11-39-30(35)26-17(3)32-22-13-18(20-8-6-7-9-24(20)36-4)14-23(33)28(22)27(26)19-12-21(31)29(34)25(15-19)37-5/h6-9,12,15-16,18,27,32,34H,10-11,13-14H2,1-5H3/t18-,27-/m0/s1. The van der Waals surface area contributed by atoms with Crippen molar-refractivity contribution < 1.29 is 33.6 Å². The monoisotopic (exact) mass is 599 g/mol. The zero-order chi connectivity index (χ0) is 28.3. The molecule has 0 bridgehead atoms. The van der Waals surface area contributed by atoms with Gasteiger partial charge in [-0.1, -0.05) is 18.2 Å². The third-order valence-electron chi connectivity index (χ3n) is 7.00. The Morgan fingerprint density at radius 1 is 1.10 bits per heavy atom. The summed E-state index contributed by atoms with van der Waals surface area (Å²) in [6.07, 6.45) is 0.840. The minimum Gasteiger partial charge on any atom is -0.503 e. The van der Waals surface area contributed by atoms with Crippen LogP contribution in [0, 0.1) is 0 Å². The average Bonchev–Trinajstić information content (AvgIpc) is 2.91. The number of dihydropyridines is 1. The highest BCUT2D eigenvalue weighted by molar-refractivity contribution is 9.10. The first-order chi connectivity index (χ1) is 18.7. The predicted octanol–water partition coefficient (Wildman–Crippen LogP) is 5.50. The van der Waals surface area contributed by atoms with Crippen molar-refractivity contribution in [2.45, 2.75) is 51.6 Å². The molecule has 0 fully saturated rings. The van der Waals surface area contributed by atoms with Crippen molar-refractivity contribution >= 4 is 27.7 Å². The van der Waals surface area contributed by atoms with Crippen LogP contribution in [0.2, 0.25) is 0 Å². The van der Waals surface area contributed by atoms with E-state index in [1.165, 1.54) is 7.11 Å². The zero-order valence-corrected chi connectivity index (χ0v) is 24.4. The van der Waals surface area contributed by atoms with E-state index in [0.717, 1.165) is 17.0 Å². The second kappa shape index (κ2) is 12.3. The number of phenolic OH excluding ortho intramolecular Hbond substituents is 1. The van der Waals surface area contributed by atoms with E-state index in [1.54, 1.807) is 19.2 Å². The number of halogens is 1. The number of hydrogen-bond acceptors (Lipinski definition) is 8. The zero-order valence-electron chi connectivity index (χ0n) is 22.8. The van der Waals surface area contributed by atoms with Crippen molar-refractivity contribution in [1.29, 1.82) is 0 Å². The van der Waals surface area contributed by atoms with Crippen molar-refractivity contribution in [2.75, 3.05) is 27.4 Å². The molecule has 0 saturated heterocycles. The maximum atomic E-state index is 13.9.